The molecule has 144 valence electrons. The molecule has 0 atom stereocenters. The maximum Gasteiger partial charge on any atom is 0.306 e. The van der Waals surface area contributed by atoms with Gasteiger partial charge in [0, 0.05) is 31.1 Å². The maximum atomic E-state index is 12.1. The van der Waals surface area contributed by atoms with Gasteiger partial charge in [0.1, 0.15) is 6.61 Å². The monoisotopic (exact) mass is 409 g/mol. The highest BCUT2D eigenvalue weighted by Gasteiger charge is 2.17. The molecule has 0 aliphatic heterocycles. The van der Waals surface area contributed by atoms with Gasteiger partial charge in [-0.2, -0.15) is 0 Å². The van der Waals surface area contributed by atoms with Gasteiger partial charge in [-0.1, -0.05) is 23.7 Å². The molecule has 2 aromatic rings. The van der Waals surface area contributed by atoms with Gasteiger partial charge in [-0.05, 0) is 42.0 Å². The van der Waals surface area contributed by atoms with Crippen molar-refractivity contribution in [2.24, 2.45) is 0 Å². The maximum absolute atomic E-state index is 12.1. The summed E-state index contributed by atoms with van der Waals surface area (Å²) < 4.78 is 30.5. The van der Waals surface area contributed by atoms with Crippen molar-refractivity contribution in [1.29, 1.82) is 0 Å². The summed E-state index contributed by atoms with van der Waals surface area (Å²) in [6.45, 7) is -0.0647. The molecular weight excluding hydrogens is 390 g/mol. The van der Waals surface area contributed by atoms with Gasteiger partial charge in [0.15, 0.2) is 5.78 Å². The fourth-order valence-electron chi connectivity index (χ4n) is 2.24. The highest BCUT2D eigenvalue weighted by molar-refractivity contribution is 7.89. The molecule has 27 heavy (non-hydrogen) atoms. The molecule has 0 aliphatic rings. The Morgan fingerprint density at radius 3 is 2.33 bits per heavy atom. The quantitative estimate of drug-likeness (QED) is 0.493. The number of carbonyl (C=O) groups excluding carboxylic acids is 2. The van der Waals surface area contributed by atoms with Crippen LogP contribution in [0.5, 0.6) is 0 Å². The zero-order valence-corrected chi connectivity index (χ0v) is 16.6. The lowest BCUT2D eigenvalue weighted by Gasteiger charge is -2.12. The molecule has 0 radical (unpaired) electrons. The zero-order valence-electron chi connectivity index (χ0n) is 15.0. The number of rotatable bonds is 8. The predicted molar refractivity (Wildman–Crippen MR) is 102 cm³/mol. The Hall–Kier alpha value is -2.22. The van der Waals surface area contributed by atoms with Gasteiger partial charge in [0.05, 0.1) is 11.3 Å². The molecule has 0 bridgehead atoms. The number of carbonyl (C=O) groups is 2. The summed E-state index contributed by atoms with van der Waals surface area (Å²) in [5.41, 5.74) is 1.03. The van der Waals surface area contributed by atoms with Crippen molar-refractivity contribution in [3.63, 3.8) is 0 Å². The molecule has 0 saturated heterocycles. The van der Waals surface area contributed by atoms with Crippen LogP contribution in [0.15, 0.2) is 53.4 Å². The van der Waals surface area contributed by atoms with E-state index in [0.717, 1.165) is 4.31 Å². The largest absolute Gasteiger partial charge is 0.461 e. The highest BCUT2D eigenvalue weighted by atomic mass is 35.5. The highest BCUT2D eigenvalue weighted by Crippen LogP contribution is 2.16. The van der Waals surface area contributed by atoms with Crippen molar-refractivity contribution in [2.75, 3.05) is 14.1 Å². The first kappa shape index (κ1) is 21.1. The molecule has 6 nitrogen and oxygen atoms in total. The van der Waals surface area contributed by atoms with Crippen LogP contribution in [-0.2, 0) is 26.2 Å². The van der Waals surface area contributed by atoms with Crippen molar-refractivity contribution in [1.82, 2.24) is 4.31 Å². The summed E-state index contributed by atoms with van der Waals surface area (Å²) in [7, 11) is -0.666. The van der Waals surface area contributed by atoms with Crippen LogP contribution in [-0.4, -0.2) is 38.6 Å². The van der Waals surface area contributed by atoms with Gasteiger partial charge in [-0.3, -0.25) is 9.59 Å². The summed E-state index contributed by atoms with van der Waals surface area (Å²) in [4.78, 5) is 24.0. The number of esters is 1. The topological polar surface area (TPSA) is 80.8 Å². The van der Waals surface area contributed by atoms with Crippen LogP contribution in [0.3, 0.4) is 0 Å². The van der Waals surface area contributed by atoms with Crippen molar-refractivity contribution in [2.45, 2.75) is 24.3 Å². The Morgan fingerprint density at radius 1 is 1.04 bits per heavy atom. The average molecular weight is 410 g/mol. The Bertz CT molecular complexity index is 923. The molecule has 0 saturated carbocycles. The molecule has 0 heterocycles. The standard InChI is InChI=1S/C19H20ClNO5S/c1-21(2)27(24,25)17-5-3-4-14(12-17)13-26-19(23)11-10-18(22)15-6-8-16(20)9-7-15/h3-9,12H,10-11,13H2,1-2H3. The number of sulfonamides is 1. The van der Waals surface area contributed by atoms with Crippen molar-refractivity contribution >= 4 is 33.4 Å². The predicted octanol–water partition coefficient (Wildman–Crippen LogP) is 3.30. The SMILES string of the molecule is CN(C)S(=O)(=O)c1cccc(COC(=O)CCC(=O)c2ccc(Cl)cc2)c1. The molecule has 0 fully saturated rings. The fraction of sp³-hybridized carbons (Fsp3) is 0.263. The Kier molecular flexibility index (Phi) is 7.12. The fourth-order valence-corrected chi connectivity index (χ4v) is 3.34. The minimum absolute atomic E-state index is 0.0233. The van der Waals surface area contributed by atoms with E-state index in [0.29, 0.717) is 16.1 Å². The first-order chi connectivity index (χ1) is 12.7. The van der Waals surface area contributed by atoms with Crippen LogP contribution in [0.4, 0.5) is 0 Å². The summed E-state index contributed by atoms with van der Waals surface area (Å²) in [6.07, 6.45) is -0.0351. The van der Waals surface area contributed by atoms with Crippen LogP contribution in [0.25, 0.3) is 0 Å². The van der Waals surface area contributed by atoms with Crippen LogP contribution in [0.1, 0.15) is 28.8 Å². The number of nitrogens with zero attached hydrogens (tertiary/aromatic N) is 1. The first-order valence-corrected chi connectivity index (χ1v) is 9.98. The number of hydrogen-bond donors (Lipinski definition) is 0. The third-order valence-electron chi connectivity index (χ3n) is 3.80. The van der Waals surface area contributed by atoms with E-state index in [1.807, 2.05) is 0 Å². The second-order valence-electron chi connectivity index (χ2n) is 6.03. The Balaban J connectivity index is 1.89. The number of halogens is 1. The van der Waals surface area contributed by atoms with E-state index < -0.39 is 16.0 Å². The second-order valence-corrected chi connectivity index (χ2v) is 8.61. The Morgan fingerprint density at radius 2 is 1.70 bits per heavy atom. The first-order valence-electron chi connectivity index (χ1n) is 8.16. The van der Waals surface area contributed by atoms with Crippen molar-refractivity contribution in [3.8, 4) is 0 Å². The summed E-state index contributed by atoms with van der Waals surface area (Å²) >= 11 is 5.77. The van der Waals surface area contributed by atoms with Gasteiger partial charge >= 0.3 is 5.97 Å². The molecule has 0 amide bonds. The zero-order chi connectivity index (χ0) is 20.0. The molecule has 2 rings (SSSR count). The van der Waals surface area contributed by atoms with E-state index in [1.54, 1.807) is 36.4 Å². The van der Waals surface area contributed by atoms with Crippen LogP contribution in [0.2, 0.25) is 5.02 Å². The average Bonchev–Trinajstić information content (AvgIpc) is 2.65. The van der Waals surface area contributed by atoms with E-state index in [9.17, 15) is 18.0 Å². The minimum atomic E-state index is -3.55. The normalized spacial score (nSPS) is 11.4. The summed E-state index contributed by atoms with van der Waals surface area (Å²) in [5, 5.41) is 0.532. The lowest BCUT2D eigenvalue weighted by atomic mass is 10.1. The third kappa shape index (κ3) is 5.89. The number of ketones is 1. The third-order valence-corrected chi connectivity index (χ3v) is 5.86. The smallest absolute Gasteiger partial charge is 0.306 e. The number of benzene rings is 2. The van der Waals surface area contributed by atoms with Gasteiger partial charge < -0.3 is 4.74 Å². The molecule has 0 aromatic heterocycles. The van der Waals surface area contributed by atoms with E-state index >= 15 is 0 Å². The van der Waals surface area contributed by atoms with Gasteiger partial charge in [0.25, 0.3) is 0 Å². The van der Waals surface area contributed by atoms with E-state index in [4.69, 9.17) is 16.3 Å². The molecule has 0 unspecified atom stereocenters. The van der Waals surface area contributed by atoms with Crippen LogP contribution < -0.4 is 0 Å². The number of Topliss-reactive ketones (excluding diaryl/α,β-unsaturated/α-hetero) is 1. The van der Waals surface area contributed by atoms with Crippen molar-refractivity contribution < 1.29 is 22.7 Å². The summed E-state index contributed by atoms with van der Waals surface area (Å²) in [6, 6.07) is 12.6. The Labute approximate surface area is 163 Å². The van der Waals surface area contributed by atoms with Crippen LogP contribution in [0, 0.1) is 0 Å². The number of hydrogen-bond acceptors (Lipinski definition) is 5. The molecule has 2 aromatic carbocycles. The lowest BCUT2D eigenvalue weighted by molar-refractivity contribution is -0.144. The van der Waals surface area contributed by atoms with Crippen LogP contribution >= 0.6 is 11.6 Å². The lowest BCUT2D eigenvalue weighted by Crippen LogP contribution is -2.22. The van der Waals surface area contributed by atoms with Gasteiger partial charge in [-0.25, -0.2) is 12.7 Å². The molecule has 8 heteroatoms. The molecule has 0 aliphatic carbocycles. The van der Waals surface area contributed by atoms with Gasteiger partial charge in [0.2, 0.25) is 10.0 Å². The van der Waals surface area contributed by atoms with E-state index in [2.05, 4.69) is 0 Å². The summed E-state index contributed by atoms with van der Waals surface area (Å²) in [5.74, 6) is -0.708. The number of ether oxygens (including phenoxy) is 1. The van der Waals surface area contributed by atoms with Crippen molar-refractivity contribution in [3.05, 3.63) is 64.7 Å². The minimum Gasteiger partial charge on any atom is -0.461 e. The molecular formula is C19H20ClNO5S. The molecule has 0 N–H and O–H groups in total. The van der Waals surface area contributed by atoms with E-state index in [1.165, 1.54) is 26.2 Å². The molecule has 0 spiro atoms. The van der Waals surface area contributed by atoms with Gasteiger partial charge in [-0.15, -0.1) is 0 Å². The second kappa shape index (κ2) is 9.12. The van der Waals surface area contributed by atoms with E-state index in [-0.39, 0.29) is 30.1 Å².